The van der Waals surface area contributed by atoms with E-state index >= 15 is 0 Å². The Balaban J connectivity index is 1.71. The molecular formula is C20H27ClN4O3S. The highest BCUT2D eigenvalue weighted by molar-refractivity contribution is 7.99. The monoisotopic (exact) mass is 438 g/mol. The largest absolute Gasteiger partial charge is 0.484 e. The Bertz CT molecular complexity index is 807. The Morgan fingerprint density at radius 3 is 2.66 bits per heavy atom. The third-order valence-corrected chi connectivity index (χ3v) is 6.16. The number of carbonyl (C=O) groups is 1. The van der Waals surface area contributed by atoms with Crippen LogP contribution in [0.1, 0.15) is 38.6 Å². The molecule has 3 rings (SSSR count). The summed E-state index contributed by atoms with van der Waals surface area (Å²) in [4.78, 5) is 14.3. The second-order valence-corrected chi connectivity index (χ2v) is 8.09. The number of halogens is 1. The van der Waals surface area contributed by atoms with Crippen LogP contribution in [0.5, 0.6) is 5.75 Å². The molecule has 0 atom stereocenters. The summed E-state index contributed by atoms with van der Waals surface area (Å²) in [7, 11) is 0. The lowest BCUT2D eigenvalue weighted by Crippen LogP contribution is -2.41. The maximum absolute atomic E-state index is 12.5. The average molecular weight is 439 g/mol. The van der Waals surface area contributed by atoms with Crippen molar-refractivity contribution in [3.8, 4) is 5.75 Å². The number of morpholine rings is 1. The van der Waals surface area contributed by atoms with Crippen molar-refractivity contribution in [2.45, 2.75) is 44.5 Å². The van der Waals surface area contributed by atoms with E-state index in [2.05, 4.69) is 28.6 Å². The molecule has 0 spiro atoms. The minimum Gasteiger partial charge on any atom is -0.484 e. The summed E-state index contributed by atoms with van der Waals surface area (Å²) in [6.07, 6.45) is 1.89. The Hall–Kier alpha value is -1.77. The maximum Gasteiger partial charge on any atom is 0.233 e. The Morgan fingerprint density at radius 1 is 1.24 bits per heavy atom. The van der Waals surface area contributed by atoms with Crippen LogP contribution in [0.25, 0.3) is 0 Å². The molecule has 0 aliphatic carbocycles. The molecule has 1 amide bonds. The number of amides is 1. The van der Waals surface area contributed by atoms with Gasteiger partial charge in [0.25, 0.3) is 0 Å². The summed E-state index contributed by atoms with van der Waals surface area (Å²) in [6, 6.07) is 7.61. The van der Waals surface area contributed by atoms with Gasteiger partial charge >= 0.3 is 0 Å². The molecule has 9 heteroatoms. The summed E-state index contributed by atoms with van der Waals surface area (Å²) >= 11 is 7.62. The Kier molecular flexibility index (Phi) is 8.20. The molecule has 0 radical (unpaired) electrons. The number of hydrogen-bond donors (Lipinski definition) is 0. The lowest BCUT2D eigenvalue weighted by Gasteiger charge is -2.26. The Labute approximate surface area is 180 Å². The quantitative estimate of drug-likeness (QED) is 0.554. The molecule has 158 valence electrons. The molecule has 1 saturated heterocycles. The van der Waals surface area contributed by atoms with Crippen LogP contribution in [0.3, 0.4) is 0 Å². The third-order valence-electron chi connectivity index (χ3n) is 4.92. The van der Waals surface area contributed by atoms with E-state index in [1.54, 1.807) is 6.07 Å². The molecule has 0 bridgehead atoms. The van der Waals surface area contributed by atoms with Gasteiger partial charge in [-0.25, -0.2) is 0 Å². The van der Waals surface area contributed by atoms with Gasteiger partial charge in [-0.15, -0.1) is 10.2 Å². The standard InChI is InChI=1S/C20H27ClN4O3S/c1-3-15(4-2)25-18(13-28-17-8-6-5-7-16(17)21)22-23-20(25)29-14-19(26)24-9-11-27-12-10-24/h5-8,15H,3-4,9-14H2,1-2H3. The lowest BCUT2D eigenvalue weighted by atomic mass is 10.2. The fourth-order valence-electron chi connectivity index (χ4n) is 3.26. The van der Waals surface area contributed by atoms with Crippen molar-refractivity contribution in [3.05, 3.63) is 35.1 Å². The number of aromatic nitrogens is 3. The van der Waals surface area contributed by atoms with Gasteiger partial charge in [0.1, 0.15) is 12.4 Å². The van der Waals surface area contributed by atoms with Crippen LogP contribution in [0.15, 0.2) is 29.4 Å². The second-order valence-electron chi connectivity index (χ2n) is 6.74. The van der Waals surface area contributed by atoms with Crippen molar-refractivity contribution in [1.29, 1.82) is 0 Å². The van der Waals surface area contributed by atoms with Gasteiger partial charge in [-0.2, -0.15) is 0 Å². The number of rotatable bonds is 9. The predicted octanol–water partition coefficient (Wildman–Crippen LogP) is 3.82. The summed E-state index contributed by atoms with van der Waals surface area (Å²) in [6.45, 7) is 7.05. The number of hydrogen-bond acceptors (Lipinski definition) is 6. The zero-order valence-electron chi connectivity index (χ0n) is 16.8. The number of nitrogens with zero attached hydrogens (tertiary/aromatic N) is 4. The van der Waals surface area contributed by atoms with Crippen molar-refractivity contribution in [1.82, 2.24) is 19.7 Å². The lowest BCUT2D eigenvalue weighted by molar-refractivity contribution is -0.132. The maximum atomic E-state index is 12.5. The van der Waals surface area contributed by atoms with E-state index in [1.165, 1.54) is 11.8 Å². The van der Waals surface area contributed by atoms with Crippen molar-refractivity contribution < 1.29 is 14.3 Å². The number of benzene rings is 1. The van der Waals surface area contributed by atoms with Crippen LogP contribution >= 0.6 is 23.4 Å². The van der Waals surface area contributed by atoms with Gasteiger partial charge in [-0.05, 0) is 25.0 Å². The van der Waals surface area contributed by atoms with E-state index in [4.69, 9.17) is 21.1 Å². The van der Waals surface area contributed by atoms with Gasteiger partial charge in [0, 0.05) is 19.1 Å². The van der Waals surface area contributed by atoms with Gasteiger partial charge < -0.3 is 18.9 Å². The van der Waals surface area contributed by atoms with Gasteiger partial charge in [0.05, 0.1) is 24.0 Å². The van der Waals surface area contributed by atoms with Crippen LogP contribution in [-0.4, -0.2) is 57.6 Å². The van der Waals surface area contributed by atoms with E-state index in [1.807, 2.05) is 23.1 Å². The fourth-order valence-corrected chi connectivity index (χ4v) is 4.38. The Morgan fingerprint density at radius 2 is 1.97 bits per heavy atom. The van der Waals surface area contributed by atoms with Crippen molar-refractivity contribution in [2.24, 2.45) is 0 Å². The molecule has 1 aromatic carbocycles. The number of thioether (sulfide) groups is 1. The highest BCUT2D eigenvalue weighted by Gasteiger charge is 2.22. The summed E-state index contributed by atoms with van der Waals surface area (Å²) in [5.41, 5.74) is 0. The minimum atomic E-state index is 0.103. The fraction of sp³-hybridized carbons (Fsp3) is 0.550. The first-order valence-electron chi connectivity index (χ1n) is 9.93. The van der Waals surface area contributed by atoms with Crippen LogP contribution in [0.4, 0.5) is 0 Å². The predicted molar refractivity (Wildman–Crippen MR) is 114 cm³/mol. The van der Waals surface area contributed by atoms with Crippen LogP contribution in [-0.2, 0) is 16.1 Å². The van der Waals surface area contributed by atoms with Gasteiger partial charge in [-0.1, -0.05) is 49.3 Å². The molecule has 7 nitrogen and oxygen atoms in total. The molecule has 2 aromatic rings. The highest BCUT2D eigenvalue weighted by atomic mass is 35.5. The van der Waals surface area contributed by atoms with Crippen LogP contribution in [0, 0.1) is 0 Å². The van der Waals surface area contributed by atoms with Gasteiger partial charge in [-0.3, -0.25) is 4.79 Å². The first-order chi connectivity index (χ1) is 14.1. The van der Waals surface area contributed by atoms with E-state index in [0.717, 1.165) is 23.8 Å². The average Bonchev–Trinajstić information content (AvgIpc) is 3.16. The van der Waals surface area contributed by atoms with Gasteiger partial charge in [0.2, 0.25) is 5.91 Å². The van der Waals surface area contributed by atoms with Crippen LogP contribution < -0.4 is 4.74 Å². The molecule has 0 N–H and O–H groups in total. The first-order valence-corrected chi connectivity index (χ1v) is 11.3. The highest BCUT2D eigenvalue weighted by Crippen LogP contribution is 2.28. The summed E-state index contributed by atoms with van der Waals surface area (Å²) < 4.78 is 13.3. The zero-order valence-corrected chi connectivity index (χ0v) is 18.4. The molecule has 0 unspecified atom stereocenters. The topological polar surface area (TPSA) is 69.5 Å². The smallest absolute Gasteiger partial charge is 0.233 e. The first kappa shape index (κ1) is 21.9. The normalized spacial score (nSPS) is 14.4. The van der Waals surface area contributed by atoms with Crippen LogP contribution in [0.2, 0.25) is 5.02 Å². The summed E-state index contributed by atoms with van der Waals surface area (Å²) in [5.74, 6) is 1.79. The number of para-hydroxylation sites is 1. The van der Waals surface area contributed by atoms with Crippen molar-refractivity contribution in [2.75, 3.05) is 32.1 Å². The van der Waals surface area contributed by atoms with E-state index < -0.39 is 0 Å². The van der Waals surface area contributed by atoms with E-state index in [-0.39, 0.29) is 18.6 Å². The molecular weight excluding hydrogens is 412 g/mol. The van der Waals surface area contributed by atoms with E-state index in [9.17, 15) is 4.79 Å². The third kappa shape index (κ3) is 5.65. The second kappa shape index (κ2) is 10.8. The molecule has 1 aliphatic rings. The van der Waals surface area contributed by atoms with E-state index in [0.29, 0.717) is 42.8 Å². The van der Waals surface area contributed by atoms with Crippen molar-refractivity contribution >= 4 is 29.3 Å². The molecule has 2 heterocycles. The molecule has 0 saturated carbocycles. The molecule has 1 fully saturated rings. The molecule has 1 aromatic heterocycles. The van der Waals surface area contributed by atoms with Gasteiger partial charge in [0.15, 0.2) is 11.0 Å². The SMILES string of the molecule is CCC(CC)n1c(COc2ccccc2Cl)nnc1SCC(=O)N1CCOCC1. The number of ether oxygens (including phenoxy) is 2. The summed E-state index contributed by atoms with van der Waals surface area (Å²) in [5, 5.41) is 10.0. The number of carbonyl (C=O) groups excluding carboxylic acids is 1. The molecule has 1 aliphatic heterocycles. The minimum absolute atomic E-state index is 0.103. The zero-order chi connectivity index (χ0) is 20.6. The molecule has 29 heavy (non-hydrogen) atoms. The van der Waals surface area contributed by atoms with Crippen molar-refractivity contribution in [3.63, 3.8) is 0 Å².